The van der Waals surface area contributed by atoms with Crippen molar-refractivity contribution in [3.05, 3.63) is 47.0 Å². The summed E-state index contributed by atoms with van der Waals surface area (Å²) in [5.41, 5.74) is 0.959. The van der Waals surface area contributed by atoms with E-state index in [-0.39, 0.29) is 23.2 Å². The first-order chi connectivity index (χ1) is 12.9. The SMILES string of the molecule is CC(C)=CCN1C[C@@H]2[C@H](CNC(=O)c3cccc(F)c3F)[C@H]3CC[C@]2(C1)O3. The Hall–Kier alpha value is -1.79. The molecule has 1 aromatic carbocycles. The highest BCUT2D eigenvalue weighted by molar-refractivity contribution is 5.94. The van der Waals surface area contributed by atoms with E-state index in [1.165, 1.54) is 17.7 Å². The van der Waals surface area contributed by atoms with E-state index in [1.807, 2.05) is 0 Å². The van der Waals surface area contributed by atoms with E-state index in [4.69, 9.17) is 4.74 Å². The molecule has 3 aliphatic heterocycles. The molecule has 1 aromatic rings. The zero-order valence-electron chi connectivity index (χ0n) is 15.8. The fraction of sp³-hybridized carbons (Fsp3) is 0.571. The number of carbonyl (C=O) groups is 1. The Labute approximate surface area is 158 Å². The summed E-state index contributed by atoms with van der Waals surface area (Å²) in [6.45, 7) is 7.43. The predicted molar refractivity (Wildman–Crippen MR) is 98.4 cm³/mol. The number of hydrogen-bond donors (Lipinski definition) is 1. The van der Waals surface area contributed by atoms with Gasteiger partial charge in [-0.2, -0.15) is 0 Å². The highest BCUT2D eigenvalue weighted by Gasteiger charge is 2.62. The lowest BCUT2D eigenvalue weighted by molar-refractivity contribution is 0.00363. The standard InChI is InChI=1S/C21H26F2N2O2/c1-13(2)7-9-25-11-16-15(18-6-8-21(16,12-25)27-18)10-24-20(26)14-4-3-5-17(22)19(14)23/h3-5,7,15-16,18H,6,8-12H2,1-2H3,(H,24,26)/t15-,16+,18+,21+/m0/s1. The first-order valence-electron chi connectivity index (χ1n) is 9.65. The molecule has 1 spiro atoms. The van der Waals surface area contributed by atoms with Crippen LogP contribution in [-0.2, 0) is 4.74 Å². The maximum atomic E-state index is 13.8. The number of fused-ring (bicyclic) bond motifs is 1. The van der Waals surface area contributed by atoms with Crippen molar-refractivity contribution in [3.63, 3.8) is 0 Å². The predicted octanol–water partition coefficient (Wildman–Crippen LogP) is 3.14. The Bertz CT molecular complexity index is 777. The van der Waals surface area contributed by atoms with E-state index in [0.29, 0.717) is 12.5 Å². The van der Waals surface area contributed by atoms with E-state index in [2.05, 4.69) is 30.1 Å². The topological polar surface area (TPSA) is 41.6 Å². The molecule has 3 aliphatic rings. The lowest BCUT2D eigenvalue weighted by Gasteiger charge is -2.29. The fourth-order valence-electron chi connectivity index (χ4n) is 5.00. The van der Waals surface area contributed by atoms with Crippen molar-refractivity contribution in [2.24, 2.45) is 11.8 Å². The van der Waals surface area contributed by atoms with Crippen molar-refractivity contribution in [2.75, 3.05) is 26.2 Å². The molecule has 0 aromatic heterocycles. The van der Waals surface area contributed by atoms with Crippen LogP contribution in [0.3, 0.4) is 0 Å². The van der Waals surface area contributed by atoms with Gasteiger partial charge in [0.1, 0.15) is 0 Å². The van der Waals surface area contributed by atoms with Gasteiger partial charge < -0.3 is 10.1 Å². The number of rotatable bonds is 5. The molecule has 0 unspecified atom stereocenters. The van der Waals surface area contributed by atoms with E-state index >= 15 is 0 Å². The second-order valence-electron chi connectivity index (χ2n) is 8.32. The van der Waals surface area contributed by atoms with Gasteiger partial charge in [-0.1, -0.05) is 17.7 Å². The second-order valence-corrected chi connectivity index (χ2v) is 8.32. The normalized spacial score (nSPS) is 31.8. The molecular weight excluding hydrogens is 350 g/mol. The Morgan fingerprint density at radius 2 is 2.22 bits per heavy atom. The van der Waals surface area contributed by atoms with Gasteiger partial charge in [-0.3, -0.25) is 9.69 Å². The highest BCUT2D eigenvalue weighted by atomic mass is 19.2. The van der Waals surface area contributed by atoms with Crippen molar-refractivity contribution < 1.29 is 18.3 Å². The summed E-state index contributed by atoms with van der Waals surface area (Å²) < 4.78 is 33.6. The lowest BCUT2D eigenvalue weighted by Crippen LogP contribution is -2.42. The summed E-state index contributed by atoms with van der Waals surface area (Å²) in [6, 6.07) is 3.67. The molecule has 6 heteroatoms. The minimum atomic E-state index is -1.09. The third kappa shape index (κ3) is 3.29. The fourth-order valence-corrected chi connectivity index (χ4v) is 5.00. The van der Waals surface area contributed by atoms with Gasteiger partial charge in [-0.05, 0) is 38.8 Å². The third-order valence-corrected chi connectivity index (χ3v) is 6.31. The monoisotopic (exact) mass is 376 g/mol. The zero-order chi connectivity index (χ0) is 19.2. The summed E-state index contributed by atoms with van der Waals surface area (Å²) >= 11 is 0. The smallest absolute Gasteiger partial charge is 0.254 e. The maximum Gasteiger partial charge on any atom is 0.254 e. The number of carbonyl (C=O) groups excluding carboxylic acids is 1. The number of allylic oxidation sites excluding steroid dienone is 1. The molecule has 3 fully saturated rings. The van der Waals surface area contributed by atoms with Gasteiger partial charge >= 0.3 is 0 Å². The second kappa shape index (κ2) is 6.99. The quantitative estimate of drug-likeness (QED) is 0.803. The van der Waals surface area contributed by atoms with Crippen LogP contribution in [-0.4, -0.2) is 48.7 Å². The Morgan fingerprint density at radius 3 is 3.00 bits per heavy atom. The van der Waals surface area contributed by atoms with Gasteiger partial charge in [0.05, 0.1) is 17.3 Å². The summed E-state index contributed by atoms with van der Waals surface area (Å²) in [6.07, 6.45) is 4.45. The number of amides is 1. The highest BCUT2D eigenvalue weighted by Crippen LogP contribution is 2.54. The minimum Gasteiger partial charge on any atom is -0.370 e. The van der Waals surface area contributed by atoms with E-state index < -0.39 is 17.5 Å². The number of benzene rings is 1. The number of nitrogens with zero attached hydrogens (tertiary/aromatic N) is 1. The van der Waals surface area contributed by atoms with Crippen LogP contribution < -0.4 is 5.32 Å². The molecule has 4 atom stereocenters. The first kappa shape index (κ1) is 18.6. The van der Waals surface area contributed by atoms with Gasteiger partial charge in [-0.25, -0.2) is 8.78 Å². The molecule has 1 amide bonds. The van der Waals surface area contributed by atoms with Crippen LogP contribution in [0.25, 0.3) is 0 Å². The molecule has 1 N–H and O–H groups in total. The molecule has 2 bridgehead atoms. The molecule has 27 heavy (non-hydrogen) atoms. The maximum absolute atomic E-state index is 13.8. The van der Waals surface area contributed by atoms with Crippen LogP contribution >= 0.6 is 0 Å². The van der Waals surface area contributed by atoms with E-state index in [9.17, 15) is 13.6 Å². The minimum absolute atomic E-state index is 0.0976. The summed E-state index contributed by atoms with van der Waals surface area (Å²) in [4.78, 5) is 14.8. The van der Waals surface area contributed by atoms with Gasteiger partial charge in [0.25, 0.3) is 5.91 Å². The van der Waals surface area contributed by atoms with Gasteiger partial charge in [-0.15, -0.1) is 0 Å². The van der Waals surface area contributed by atoms with Gasteiger partial charge in [0.15, 0.2) is 11.6 Å². The van der Waals surface area contributed by atoms with Crippen LogP contribution in [0.2, 0.25) is 0 Å². The van der Waals surface area contributed by atoms with Crippen LogP contribution in [0.4, 0.5) is 8.78 Å². The van der Waals surface area contributed by atoms with Crippen molar-refractivity contribution >= 4 is 5.91 Å². The van der Waals surface area contributed by atoms with Crippen molar-refractivity contribution in [2.45, 2.75) is 38.4 Å². The van der Waals surface area contributed by atoms with Crippen LogP contribution in [0.5, 0.6) is 0 Å². The molecule has 4 nitrogen and oxygen atoms in total. The summed E-state index contributed by atoms with van der Waals surface area (Å²) in [5, 5.41) is 2.81. The zero-order valence-corrected chi connectivity index (χ0v) is 15.8. The first-order valence-corrected chi connectivity index (χ1v) is 9.65. The summed E-state index contributed by atoms with van der Waals surface area (Å²) in [7, 11) is 0. The third-order valence-electron chi connectivity index (χ3n) is 6.31. The molecular formula is C21H26F2N2O2. The van der Waals surface area contributed by atoms with Crippen molar-refractivity contribution in [1.29, 1.82) is 0 Å². The number of ether oxygens (including phenoxy) is 1. The molecule has 0 saturated carbocycles. The van der Waals surface area contributed by atoms with Crippen molar-refractivity contribution in [1.82, 2.24) is 10.2 Å². The van der Waals surface area contributed by atoms with Gasteiger partial charge in [0.2, 0.25) is 0 Å². The van der Waals surface area contributed by atoms with Crippen LogP contribution in [0.1, 0.15) is 37.0 Å². The number of nitrogens with one attached hydrogen (secondary N) is 1. The largest absolute Gasteiger partial charge is 0.370 e. The number of hydrogen-bond acceptors (Lipinski definition) is 3. The molecule has 4 rings (SSSR count). The Kier molecular flexibility index (Phi) is 4.80. The van der Waals surface area contributed by atoms with E-state index in [1.54, 1.807) is 0 Å². The molecule has 146 valence electrons. The van der Waals surface area contributed by atoms with E-state index in [0.717, 1.165) is 38.5 Å². The average Bonchev–Trinajstić information content (AvgIpc) is 3.28. The van der Waals surface area contributed by atoms with Crippen LogP contribution in [0, 0.1) is 23.5 Å². The molecule has 3 heterocycles. The molecule has 0 aliphatic carbocycles. The Balaban J connectivity index is 1.42. The molecule has 3 saturated heterocycles. The Morgan fingerprint density at radius 1 is 1.41 bits per heavy atom. The number of likely N-dealkylation sites (tertiary alicyclic amines) is 1. The number of halogens is 2. The average molecular weight is 376 g/mol. The molecule has 0 radical (unpaired) electrons. The summed E-state index contributed by atoms with van der Waals surface area (Å²) in [5.74, 6) is -2.07. The lowest BCUT2D eigenvalue weighted by atomic mass is 9.73. The van der Waals surface area contributed by atoms with Crippen molar-refractivity contribution in [3.8, 4) is 0 Å². The van der Waals surface area contributed by atoms with Gasteiger partial charge in [0, 0.05) is 38.0 Å². The van der Waals surface area contributed by atoms with Crippen LogP contribution in [0.15, 0.2) is 29.8 Å².